The third-order valence-corrected chi connectivity index (χ3v) is 7.67. The topological polar surface area (TPSA) is 19.9 Å². The predicted molar refractivity (Wildman–Crippen MR) is 56.3 cm³/mol. The Morgan fingerprint density at radius 3 is 1.92 bits per heavy atom. The zero-order valence-electron chi connectivity index (χ0n) is 8.76. The Labute approximate surface area is 77.6 Å². The van der Waals surface area contributed by atoms with Gasteiger partial charge in [0.15, 0.2) is 0 Å². The Hall–Kier alpha value is -0.0831. The van der Waals surface area contributed by atoms with Crippen LogP contribution < -0.4 is 0 Å². The molecule has 0 fully saturated rings. The van der Waals surface area contributed by atoms with Crippen molar-refractivity contribution in [3.63, 3.8) is 0 Å². The molecule has 0 amide bonds. The highest BCUT2D eigenvalue weighted by atomic mass is 28.4. The van der Waals surface area contributed by atoms with Crippen molar-refractivity contribution in [2.75, 3.05) is 0 Å². The van der Waals surface area contributed by atoms with Crippen molar-refractivity contribution in [2.45, 2.75) is 51.2 Å². The minimum atomic E-state index is -2.25. The van der Waals surface area contributed by atoms with E-state index in [9.17, 15) is 4.80 Å². The van der Waals surface area contributed by atoms with Crippen molar-refractivity contribution in [2.24, 2.45) is 0 Å². The monoisotopic (exact) mass is 185 g/mol. The fraction of sp³-hybridized carbons (Fsp3) is 0.800. The number of allylic oxidation sites excluding steroid dienone is 1. The highest BCUT2D eigenvalue weighted by Crippen LogP contribution is 2.34. The Morgan fingerprint density at radius 2 is 1.67 bits per heavy atom. The molecule has 0 saturated carbocycles. The first kappa shape index (κ1) is 11.9. The number of hydrogen-bond donors (Lipinski definition) is 0. The van der Waals surface area contributed by atoms with Crippen molar-refractivity contribution in [3.05, 3.63) is 12.7 Å². The van der Waals surface area contributed by atoms with Gasteiger partial charge in [0.25, 0.3) is 0 Å². The van der Waals surface area contributed by atoms with Crippen molar-refractivity contribution in [1.82, 2.24) is 0 Å². The largest absolute Gasteiger partial charge is 0.297 e. The normalized spacial score (nSPS) is 12.6. The van der Waals surface area contributed by atoms with Crippen LogP contribution in [-0.4, -0.2) is 8.32 Å². The van der Waals surface area contributed by atoms with Crippen LogP contribution in [0.1, 0.15) is 34.1 Å². The molecule has 0 N–H and O–H groups in total. The van der Waals surface area contributed by atoms with E-state index in [0.717, 1.165) is 12.5 Å². The van der Waals surface area contributed by atoms with Crippen molar-refractivity contribution in [3.8, 4) is 0 Å². The molecule has 0 unspecified atom stereocenters. The Bertz CT molecular complexity index is 133. The van der Waals surface area contributed by atoms with Crippen molar-refractivity contribution < 1.29 is 4.80 Å². The third-order valence-electron chi connectivity index (χ3n) is 2.69. The van der Waals surface area contributed by atoms with Gasteiger partial charge in [0.2, 0.25) is 8.32 Å². The van der Waals surface area contributed by atoms with Crippen LogP contribution in [0.3, 0.4) is 0 Å². The molecular weight excluding hydrogens is 164 g/mol. The number of hydrogen-bond acceptors (Lipinski definition) is 0. The fourth-order valence-corrected chi connectivity index (χ4v) is 4.72. The molecule has 0 aliphatic rings. The molecule has 0 heterocycles. The van der Waals surface area contributed by atoms with Gasteiger partial charge in [-0.25, -0.2) is 0 Å². The van der Waals surface area contributed by atoms with E-state index in [4.69, 9.17) is 0 Å². The second-order valence-electron chi connectivity index (χ2n) is 4.09. The summed E-state index contributed by atoms with van der Waals surface area (Å²) < 4.78 is 0. The molecule has 0 saturated heterocycles. The molecule has 0 atom stereocenters. The van der Waals surface area contributed by atoms with E-state index in [1.165, 1.54) is 0 Å². The first-order valence-corrected chi connectivity index (χ1v) is 7.03. The van der Waals surface area contributed by atoms with Gasteiger partial charge in [0, 0.05) is 0 Å². The molecule has 71 valence electrons. The predicted octanol–water partition coefficient (Wildman–Crippen LogP) is 3.76. The van der Waals surface area contributed by atoms with Crippen LogP contribution in [0, 0.1) is 0 Å². The van der Waals surface area contributed by atoms with Crippen LogP contribution in [0.2, 0.25) is 17.1 Å². The Balaban J connectivity index is 4.28. The van der Waals surface area contributed by atoms with Gasteiger partial charge in [-0.1, -0.05) is 33.8 Å². The molecule has 0 aliphatic heterocycles. The number of rotatable bonds is 5. The van der Waals surface area contributed by atoms with E-state index in [2.05, 4.69) is 34.3 Å². The van der Waals surface area contributed by atoms with Crippen LogP contribution in [0.25, 0.3) is 0 Å². The van der Waals surface area contributed by atoms with Crippen molar-refractivity contribution >= 4 is 8.32 Å². The zero-order valence-corrected chi connectivity index (χ0v) is 9.76. The quantitative estimate of drug-likeness (QED) is 0.459. The van der Waals surface area contributed by atoms with Gasteiger partial charge in [-0.05, 0) is 23.5 Å². The van der Waals surface area contributed by atoms with Gasteiger partial charge < -0.3 is 0 Å². The molecule has 1 nitrogen and oxygen atoms in total. The summed E-state index contributed by atoms with van der Waals surface area (Å²) in [4.78, 5) is 12.4. The smallest absolute Gasteiger partial charge is 0.242 e. The van der Waals surface area contributed by atoms with E-state index in [-0.39, 0.29) is 0 Å². The first-order valence-electron chi connectivity index (χ1n) is 4.76. The van der Waals surface area contributed by atoms with E-state index < -0.39 is 8.32 Å². The van der Waals surface area contributed by atoms with E-state index in [1.807, 2.05) is 6.08 Å². The van der Waals surface area contributed by atoms with Crippen molar-refractivity contribution in [1.29, 1.82) is 0 Å². The summed E-state index contributed by atoms with van der Waals surface area (Å²) in [5.41, 5.74) is 0.690. The maximum atomic E-state index is 12.4. The van der Waals surface area contributed by atoms with Gasteiger partial charge in [-0.2, -0.15) is 0 Å². The molecular formula is C10H21OSi. The summed E-state index contributed by atoms with van der Waals surface area (Å²) in [5.74, 6) is 0. The molecule has 0 aromatic heterocycles. The lowest BCUT2D eigenvalue weighted by Crippen LogP contribution is -2.39. The molecule has 0 bridgehead atoms. The molecule has 0 aromatic rings. The third kappa shape index (κ3) is 2.76. The first-order chi connectivity index (χ1) is 5.45. The van der Waals surface area contributed by atoms with Crippen LogP contribution in [-0.2, 0) is 4.80 Å². The summed E-state index contributed by atoms with van der Waals surface area (Å²) in [6.45, 7) is 12.0. The summed E-state index contributed by atoms with van der Waals surface area (Å²) in [6.07, 6.45) is 2.76. The Kier molecular flexibility index (Phi) is 4.79. The molecule has 0 aromatic carbocycles. The van der Waals surface area contributed by atoms with Gasteiger partial charge in [-0.3, -0.25) is 4.80 Å². The molecule has 0 spiro atoms. The van der Waals surface area contributed by atoms with Crippen LogP contribution in [0.15, 0.2) is 12.7 Å². The molecule has 0 aliphatic carbocycles. The highest BCUT2D eigenvalue weighted by molar-refractivity contribution is 6.74. The summed E-state index contributed by atoms with van der Waals surface area (Å²) in [6, 6.07) is 0.853. The summed E-state index contributed by atoms with van der Waals surface area (Å²) in [5, 5.41) is 0. The molecule has 2 heteroatoms. The van der Waals surface area contributed by atoms with E-state index in [1.54, 1.807) is 0 Å². The average Bonchev–Trinajstić information content (AvgIpc) is 1.99. The molecule has 0 rings (SSSR count). The SMILES string of the molecule is C=CCC[Si]([O])(C(C)C)C(C)C. The zero-order chi connectivity index (χ0) is 9.78. The molecule has 12 heavy (non-hydrogen) atoms. The summed E-state index contributed by atoms with van der Waals surface area (Å²) in [7, 11) is -2.25. The average molecular weight is 185 g/mol. The lowest BCUT2D eigenvalue weighted by molar-refractivity contribution is 0.386. The van der Waals surface area contributed by atoms with E-state index in [0.29, 0.717) is 11.1 Å². The molecule has 1 radical (unpaired) electrons. The second kappa shape index (κ2) is 4.82. The maximum absolute atomic E-state index is 12.4. The fourth-order valence-electron chi connectivity index (χ4n) is 1.57. The minimum absolute atomic E-state index is 0.345. The van der Waals surface area contributed by atoms with Crippen LogP contribution in [0.5, 0.6) is 0 Å². The standard InChI is InChI=1S/C10H21OSi/c1-6-7-8-12(11,9(2)3)10(4)5/h6,9-10H,1,7-8H2,2-5H3. The van der Waals surface area contributed by atoms with Crippen LogP contribution >= 0.6 is 0 Å². The Morgan fingerprint density at radius 1 is 1.25 bits per heavy atom. The van der Waals surface area contributed by atoms with Gasteiger partial charge in [0.1, 0.15) is 0 Å². The lowest BCUT2D eigenvalue weighted by atomic mass is 10.5. The van der Waals surface area contributed by atoms with Crippen LogP contribution in [0.4, 0.5) is 0 Å². The minimum Gasteiger partial charge on any atom is -0.297 e. The second-order valence-corrected chi connectivity index (χ2v) is 8.81. The summed E-state index contributed by atoms with van der Waals surface area (Å²) >= 11 is 0. The maximum Gasteiger partial charge on any atom is 0.242 e. The van der Waals surface area contributed by atoms with Gasteiger partial charge in [-0.15, -0.1) is 6.58 Å². The highest BCUT2D eigenvalue weighted by Gasteiger charge is 2.39. The lowest BCUT2D eigenvalue weighted by Gasteiger charge is -2.30. The van der Waals surface area contributed by atoms with Gasteiger partial charge in [0.05, 0.1) is 0 Å². The van der Waals surface area contributed by atoms with Gasteiger partial charge >= 0.3 is 0 Å². The van der Waals surface area contributed by atoms with E-state index >= 15 is 0 Å².